The SMILES string of the molecule is CCCOc1cccc(C(=O)Nc2ccc(N3CCN(C(=O)c4cc(OC)cc(OC)c4)CC3)cc2)c1. The van der Waals surface area contributed by atoms with Gasteiger partial charge in [0.2, 0.25) is 0 Å². The number of piperazine rings is 1. The molecular weight excluding hydrogens is 470 g/mol. The molecule has 0 bridgehead atoms. The second-order valence-electron chi connectivity index (χ2n) is 8.76. The number of carbonyl (C=O) groups excluding carboxylic acids is 2. The predicted molar refractivity (Wildman–Crippen MR) is 144 cm³/mol. The van der Waals surface area contributed by atoms with Crippen molar-refractivity contribution in [1.29, 1.82) is 0 Å². The molecule has 8 heteroatoms. The highest BCUT2D eigenvalue weighted by molar-refractivity contribution is 6.04. The largest absolute Gasteiger partial charge is 0.497 e. The molecule has 0 unspecified atom stereocenters. The molecule has 1 fully saturated rings. The summed E-state index contributed by atoms with van der Waals surface area (Å²) < 4.78 is 16.2. The summed E-state index contributed by atoms with van der Waals surface area (Å²) in [5.74, 6) is 1.64. The molecule has 0 aliphatic carbocycles. The molecule has 3 aromatic carbocycles. The lowest BCUT2D eigenvalue weighted by Crippen LogP contribution is -2.48. The van der Waals surface area contributed by atoms with Crippen LogP contribution in [-0.2, 0) is 0 Å². The third-order valence-corrected chi connectivity index (χ3v) is 6.22. The van der Waals surface area contributed by atoms with E-state index in [1.54, 1.807) is 44.6 Å². The molecule has 0 saturated carbocycles. The van der Waals surface area contributed by atoms with Gasteiger partial charge in [-0.3, -0.25) is 9.59 Å². The van der Waals surface area contributed by atoms with E-state index in [-0.39, 0.29) is 11.8 Å². The first-order chi connectivity index (χ1) is 18.0. The first-order valence-corrected chi connectivity index (χ1v) is 12.4. The number of amides is 2. The molecule has 1 aliphatic heterocycles. The maximum absolute atomic E-state index is 13.1. The van der Waals surface area contributed by atoms with E-state index in [4.69, 9.17) is 14.2 Å². The van der Waals surface area contributed by atoms with Crippen LogP contribution in [0.15, 0.2) is 66.7 Å². The van der Waals surface area contributed by atoms with Gasteiger partial charge in [-0.25, -0.2) is 0 Å². The highest BCUT2D eigenvalue weighted by atomic mass is 16.5. The van der Waals surface area contributed by atoms with E-state index in [2.05, 4.69) is 10.2 Å². The molecule has 1 aliphatic rings. The van der Waals surface area contributed by atoms with Crippen molar-refractivity contribution in [1.82, 2.24) is 4.90 Å². The molecule has 37 heavy (non-hydrogen) atoms. The Kier molecular flexibility index (Phi) is 8.51. The number of nitrogens with zero attached hydrogens (tertiary/aromatic N) is 2. The third-order valence-electron chi connectivity index (χ3n) is 6.22. The quantitative estimate of drug-likeness (QED) is 0.456. The van der Waals surface area contributed by atoms with Gasteiger partial charge in [0.25, 0.3) is 11.8 Å². The van der Waals surface area contributed by atoms with E-state index in [9.17, 15) is 9.59 Å². The fourth-order valence-electron chi connectivity index (χ4n) is 4.19. The predicted octanol–water partition coefficient (Wildman–Crippen LogP) is 4.71. The van der Waals surface area contributed by atoms with Crippen LogP contribution in [0.25, 0.3) is 0 Å². The minimum atomic E-state index is -0.184. The molecule has 0 spiro atoms. The Morgan fingerprint density at radius 2 is 1.46 bits per heavy atom. The topological polar surface area (TPSA) is 80.3 Å². The normalized spacial score (nSPS) is 13.2. The number of rotatable bonds is 9. The number of ether oxygens (including phenoxy) is 3. The zero-order valence-electron chi connectivity index (χ0n) is 21.5. The fourth-order valence-corrected chi connectivity index (χ4v) is 4.19. The van der Waals surface area contributed by atoms with E-state index in [0.717, 1.165) is 17.8 Å². The van der Waals surface area contributed by atoms with E-state index in [0.29, 0.717) is 61.2 Å². The van der Waals surface area contributed by atoms with Gasteiger partial charge >= 0.3 is 0 Å². The van der Waals surface area contributed by atoms with Gasteiger partial charge in [0, 0.05) is 54.7 Å². The van der Waals surface area contributed by atoms with Gasteiger partial charge in [-0.2, -0.15) is 0 Å². The standard InChI is InChI=1S/C29H33N3O5/c1-4-16-37-25-7-5-6-21(17-25)28(33)30-23-8-10-24(11-9-23)31-12-14-32(15-13-31)29(34)22-18-26(35-2)20-27(19-22)36-3/h5-11,17-20H,4,12-16H2,1-3H3,(H,30,33). The highest BCUT2D eigenvalue weighted by Gasteiger charge is 2.23. The van der Waals surface area contributed by atoms with Gasteiger partial charge in [0.1, 0.15) is 17.2 Å². The molecule has 0 aromatic heterocycles. The van der Waals surface area contributed by atoms with Crippen LogP contribution in [0, 0.1) is 0 Å². The lowest BCUT2D eigenvalue weighted by molar-refractivity contribution is 0.0746. The second kappa shape index (κ2) is 12.2. The van der Waals surface area contributed by atoms with Crippen LogP contribution in [0.3, 0.4) is 0 Å². The third kappa shape index (κ3) is 6.52. The summed E-state index contributed by atoms with van der Waals surface area (Å²) in [7, 11) is 3.14. The van der Waals surface area contributed by atoms with Crippen molar-refractivity contribution < 1.29 is 23.8 Å². The summed E-state index contributed by atoms with van der Waals surface area (Å²) in [4.78, 5) is 29.8. The monoisotopic (exact) mass is 503 g/mol. The van der Waals surface area contributed by atoms with Crippen molar-refractivity contribution in [3.8, 4) is 17.2 Å². The molecule has 1 saturated heterocycles. The van der Waals surface area contributed by atoms with Crippen LogP contribution in [0.4, 0.5) is 11.4 Å². The van der Waals surface area contributed by atoms with Crippen LogP contribution in [-0.4, -0.2) is 63.7 Å². The minimum Gasteiger partial charge on any atom is -0.497 e. The number of hydrogen-bond donors (Lipinski definition) is 1. The zero-order chi connectivity index (χ0) is 26.2. The number of methoxy groups -OCH3 is 2. The lowest BCUT2D eigenvalue weighted by Gasteiger charge is -2.36. The number of anilines is 2. The van der Waals surface area contributed by atoms with Crippen molar-refractivity contribution in [3.63, 3.8) is 0 Å². The van der Waals surface area contributed by atoms with Crippen LogP contribution < -0.4 is 24.4 Å². The minimum absolute atomic E-state index is 0.0425. The summed E-state index contributed by atoms with van der Waals surface area (Å²) in [6.45, 7) is 5.29. The summed E-state index contributed by atoms with van der Waals surface area (Å²) >= 11 is 0. The Morgan fingerprint density at radius 3 is 2.08 bits per heavy atom. The van der Waals surface area contributed by atoms with Crippen LogP contribution in [0.1, 0.15) is 34.1 Å². The van der Waals surface area contributed by atoms with Crippen LogP contribution in [0.2, 0.25) is 0 Å². The Labute approximate surface area is 217 Å². The summed E-state index contributed by atoms with van der Waals surface area (Å²) in [6.07, 6.45) is 0.908. The Bertz CT molecular complexity index is 1200. The van der Waals surface area contributed by atoms with Crippen LogP contribution in [0.5, 0.6) is 17.2 Å². The molecule has 194 valence electrons. The summed E-state index contributed by atoms with van der Waals surface area (Å²) in [5.41, 5.74) is 2.86. The number of benzene rings is 3. The molecule has 4 rings (SSSR count). The molecule has 2 amide bonds. The maximum Gasteiger partial charge on any atom is 0.255 e. The molecule has 0 atom stereocenters. The van der Waals surface area contributed by atoms with Crippen molar-refractivity contribution in [2.75, 3.05) is 57.2 Å². The average molecular weight is 504 g/mol. The zero-order valence-corrected chi connectivity index (χ0v) is 21.5. The molecular formula is C29H33N3O5. The van der Waals surface area contributed by atoms with Crippen molar-refractivity contribution in [2.24, 2.45) is 0 Å². The van der Waals surface area contributed by atoms with Gasteiger partial charge in [-0.1, -0.05) is 13.0 Å². The van der Waals surface area contributed by atoms with Gasteiger partial charge in [-0.05, 0) is 61.0 Å². The first kappa shape index (κ1) is 25.9. The van der Waals surface area contributed by atoms with E-state index in [1.165, 1.54) is 0 Å². The van der Waals surface area contributed by atoms with Crippen molar-refractivity contribution in [2.45, 2.75) is 13.3 Å². The number of carbonyl (C=O) groups is 2. The van der Waals surface area contributed by atoms with E-state index < -0.39 is 0 Å². The smallest absolute Gasteiger partial charge is 0.255 e. The first-order valence-electron chi connectivity index (χ1n) is 12.4. The highest BCUT2D eigenvalue weighted by Crippen LogP contribution is 2.25. The molecule has 1 N–H and O–H groups in total. The van der Waals surface area contributed by atoms with Gasteiger partial charge in [-0.15, -0.1) is 0 Å². The van der Waals surface area contributed by atoms with Crippen molar-refractivity contribution >= 4 is 23.2 Å². The van der Waals surface area contributed by atoms with Crippen LogP contribution >= 0.6 is 0 Å². The molecule has 0 radical (unpaired) electrons. The van der Waals surface area contributed by atoms with E-state index >= 15 is 0 Å². The van der Waals surface area contributed by atoms with Gasteiger partial charge in [0.15, 0.2) is 0 Å². The Balaban J connectivity index is 1.33. The summed E-state index contributed by atoms with van der Waals surface area (Å²) in [5, 5.41) is 2.94. The average Bonchev–Trinajstić information content (AvgIpc) is 2.96. The van der Waals surface area contributed by atoms with Gasteiger partial charge in [0.05, 0.1) is 20.8 Å². The number of hydrogen-bond acceptors (Lipinski definition) is 6. The van der Waals surface area contributed by atoms with Gasteiger partial charge < -0.3 is 29.3 Å². The van der Waals surface area contributed by atoms with E-state index in [1.807, 2.05) is 48.2 Å². The fraction of sp³-hybridized carbons (Fsp3) is 0.310. The second-order valence-corrected chi connectivity index (χ2v) is 8.76. The number of nitrogens with one attached hydrogen (secondary N) is 1. The lowest BCUT2D eigenvalue weighted by atomic mass is 10.1. The molecule has 1 heterocycles. The summed E-state index contributed by atoms with van der Waals surface area (Å²) in [6, 6.07) is 20.2. The molecule has 8 nitrogen and oxygen atoms in total. The Morgan fingerprint density at radius 1 is 0.811 bits per heavy atom. The maximum atomic E-state index is 13.1. The molecule has 3 aromatic rings. The Hall–Kier alpha value is -4.20. The van der Waals surface area contributed by atoms with Crippen molar-refractivity contribution in [3.05, 3.63) is 77.9 Å².